The molecule has 1 aliphatic heterocycles. The second-order valence-electron chi connectivity index (χ2n) is 14.3. The van der Waals surface area contributed by atoms with E-state index >= 15 is 0 Å². The minimum Gasteiger partial charge on any atom is -0.501 e. The normalized spacial score (nSPS) is 13.8. The molecule has 3 heterocycles. The number of pyridine rings is 1. The predicted octanol–water partition coefficient (Wildman–Crippen LogP) is 11.1. The number of furan rings is 1. The average Bonchev–Trinajstić information content (AvgIpc) is 3.67. The van der Waals surface area contributed by atoms with Crippen LogP contribution in [0, 0.1) is 18.1 Å². The van der Waals surface area contributed by atoms with E-state index in [1.54, 1.807) is 4.40 Å². The van der Waals surface area contributed by atoms with E-state index in [0.717, 1.165) is 63.0 Å². The zero-order valence-corrected chi connectivity index (χ0v) is 33.8. The van der Waals surface area contributed by atoms with Crippen LogP contribution in [-0.2, 0) is 32.9 Å². The largest absolute Gasteiger partial charge is 0.501 e. The quantitative estimate of drug-likeness (QED) is 0.118. The molecular formula is C45H42GeIrN2O-2. The maximum Gasteiger partial charge on any atom is 0.120 e. The van der Waals surface area contributed by atoms with Crippen LogP contribution < -0.4 is 4.40 Å². The number of aliphatic imine (C=N–C) groups is 1. The molecule has 50 heavy (non-hydrogen) atoms. The Morgan fingerprint density at radius 1 is 0.780 bits per heavy atom. The van der Waals surface area contributed by atoms with Crippen LogP contribution in [0.1, 0.15) is 42.0 Å². The van der Waals surface area contributed by atoms with Gasteiger partial charge in [-0.05, 0) is 41.3 Å². The van der Waals surface area contributed by atoms with Crippen LogP contribution >= 0.6 is 0 Å². The first-order valence-corrected chi connectivity index (χ1v) is 24.6. The molecule has 0 bridgehead atoms. The van der Waals surface area contributed by atoms with Gasteiger partial charge in [0.25, 0.3) is 0 Å². The van der Waals surface area contributed by atoms with Gasteiger partial charge in [-0.25, -0.2) is 0 Å². The van der Waals surface area contributed by atoms with Gasteiger partial charge in [0.1, 0.15) is 5.58 Å². The minimum atomic E-state index is -1.86. The van der Waals surface area contributed by atoms with Gasteiger partial charge in [0.05, 0.1) is 11.3 Å². The molecular weight excluding hydrogens is 849 g/mol. The van der Waals surface area contributed by atoms with Crippen LogP contribution in [0.2, 0.25) is 17.3 Å². The summed E-state index contributed by atoms with van der Waals surface area (Å²) < 4.78 is 7.82. The van der Waals surface area contributed by atoms with Crippen molar-refractivity contribution >= 4 is 51.0 Å². The number of nitrogens with zero attached hydrogens (tertiary/aromatic N) is 2. The monoisotopic (exact) mass is 893 g/mol. The van der Waals surface area contributed by atoms with Crippen molar-refractivity contribution in [3.63, 3.8) is 0 Å². The summed E-state index contributed by atoms with van der Waals surface area (Å²) in [6.07, 6.45) is 4.18. The van der Waals surface area contributed by atoms with Gasteiger partial charge in [-0.3, -0.25) is 0 Å². The van der Waals surface area contributed by atoms with Gasteiger partial charge in [-0.1, -0.05) is 77.7 Å². The molecule has 0 N–H and O–H groups in total. The van der Waals surface area contributed by atoms with Crippen molar-refractivity contribution in [3.8, 4) is 11.3 Å². The molecule has 253 valence electrons. The predicted molar refractivity (Wildman–Crippen MR) is 208 cm³/mol. The topological polar surface area (TPSA) is 38.4 Å². The van der Waals surface area contributed by atoms with Gasteiger partial charge in [-0.2, -0.15) is 0 Å². The van der Waals surface area contributed by atoms with Crippen LogP contribution in [0.4, 0.5) is 5.69 Å². The number of rotatable bonds is 7. The fraction of sp³-hybridized carbons (Fsp3) is 0.200. The Hall–Kier alpha value is -4.09. The molecule has 1 unspecified atom stereocenters. The maximum atomic E-state index is 6.28. The minimum absolute atomic E-state index is 0. The number of benzene rings is 5. The smallest absolute Gasteiger partial charge is 0.120 e. The van der Waals surface area contributed by atoms with Crippen LogP contribution in [0.25, 0.3) is 33.2 Å². The molecule has 7 aromatic rings. The molecule has 5 heteroatoms. The SMILES string of the molecule is CC(C)Cc1cc(-c2[c-]cccc2)nc[c]1[Ge]([CH3])([CH3])[CH3].[Ir].[c-]1ccc2c(oc3ccccc32)c1C1=Nc2ccccc2C1Cc1ccccc1. The van der Waals surface area contributed by atoms with E-state index in [1.807, 2.05) is 36.4 Å². The summed E-state index contributed by atoms with van der Waals surface area (Å²) in [6.45, 7) is 4.57. The molecule has 2 aromatic heterocycles. The number of hydrogen-bond donors (Lipinski definition) is 0. The van der Waals surface area contributed by atoms with Crippen molar-refractivity contribution in [1.29, 1.82) is 0 Å². The van der Waals surface area contributed by atoms with E-state index < -0.39 is 13.3 Å². The van der Waals surface area contributed by atoms with E-state index in [-0.39, 0.29) is 26.0 Å². The third-order valence-corrected chi connectivity index (χ3v) is 13.5. The summed E-state index contributed by atoms with van der Waals surface area (Å²) in [5, 5.41) is 2.25. The number of para-hydroxylation sites is 2. The molecule has 0 saturated carbocycles. The first-order valence-electron chi connectivity index (χ1n) is 17.3. The standard InChI is InChI=1S/C27H18NO.C18H24GeN.Ir/c1-2-9-18(10-3-1)17-23-19-11-4-6-15-24(19)28-26(23)22-14-8-13-21-20-12-5-7-16-25(20)29-27(21)22;1-14(2)11-16-12-18(15-9-7-6-8-10-15)20-13-17(16)19(3,4)5;/h1-13,15-16,23H,17H2;6-9,12-14H,11H2,1-5H3;/q2*-1;. The van der Waals surface area contributed by atoms with Crippen molar-refractivity contribution in [2.75, 3.05) is 0 Å². The van der Waals surface area contributed by atoms with Gasteiger partial charge in [0, 0.05) is 25.5 Å². The fourth-order valence-corrected chi connectivity index (χ4v) is 10.2. The fourth-order valence-electron chi connectivity index (χ4n) is 6.89. The molecule has 0 fully saturated rings. The van der Waals surface area contributed by atoms with Gasteiger partial charge in [0.2, 0.25) is 0 Å². The summed E-state index contributed by atoms with van der Waals surface area (Å²) >= 11 is -1.86. The maximum absolute atomic E-state index is 6.28. The Morgan fingerprint density at radius 3 is 2.28 bits per heavy atom. The molecule has 1 aliphatic rings. The van der Waals surface area contributed by atoms with E-state index in [9.17, 15) is 0 Å². The molecule has 0 amide bonds. The Balaban J connectivity index is 0.000000182. The van der Waals surface area contributed by atoms with Crippen molar-refractivity contribution in [2.45, 2.75) is 49.9 Å². The van der Waals surface area contributed by atoms with Crippen LogP contribution in [0.5, 0.6) is 0 Å². The molecule has 8 rings (SSSR count). The molecule has 3 nitrogen and oxygen atoms in total. The Labute approximate surface area is 312 Å². The van der Waals surface area contributed by atoms with Gasteiger partial charge in [0.15, 0.2) is 0 Å². The molecule has 0 aliphatic carbocycles. The van der Waals surface area contributed by atoms with E-state index in [1.165, 1.54) is 16.7 Å². The summed E-state index contributed by atoms with van der Waals surface area (Å²) in [7, 11) is 0. The van der Waals surface area contributed by atoms with E-state index in [0.29, 0.717) is 5.92 Å². The molecule has 5 aromatic carbocycles. The van der Waals surface area contributed by atoms with Gasteiger partial charge < -0.3 is 9.41 Å². The van der Waals surface area contributed by atoms with E-state index in [4.69, 9.17) is 14.4 Å². The summed E-state index contributed by atoms with van der Waals surface area (Å²) in [5.74, 6) is 8.18. The Kier molecular flexibility index (Phi) is 11.0. The van der Waals surface area contributed by atoms with Gasteiger partial charge in [-0.15, -0.1) is 18.2 Å². The third-order valence-electron chi connectivity index (χ3n) is 9.17. The summed E-state index contributed by atoms with van der Waals surface area (Å²) in [5.41, 5.74) is 11.0. The van der Waals surface area contributed by atoms with Crippen LogP contribution in [0.3, 0.4) is 0 Å². The Morgan fingerprint density at radius 2 is 1.52 bits per heavy atom. The molecule has 1 radical (unpaired) electrons. The van der Waals surface area contributed by atoms with Crippen molar-refractivity contribution in [1.82, 2.24) is 4.98 Å². The van der Waals surface area contributed by atoms with Crippen molar-refractivity contribution < 1.29 is 24.5 Å². The third kappa shape index (κ3) is 7.64. The number of aromatic nitrogens is 1. The van der Waals surface area contributed by atoms with Crippen LogP contribution in [-0.4, -0.2) is 24.0 Å². The summed E-state index contributed by atoms with van der Waals surface area (Å²) in [6, 6.07) is 48.4. The Bertz CT molecular complexity index is 2250. The van der Waals surface area contributed by atoms with Crippen molar-refractivity contribution in [3.05, 3.63) is 162 Å². The number of hydrogen-bond acceptors (Lipinski definition) is 3. The van der Waals surface area contributed by atoms with E-state index in [2.05, 4.69) is 134 Å². The van der Waals surface area contributed by atoms with Crippen molar-refractivity contribution in [2.24, 2.45) is 10.9 Å². The van der Waals surface area contributed by atoms with Gasteiger partial charge >= 0.3 is 126 Å². The zero-order valence-electron chi connectivity index (χ0n) is 29.3. The molecule has 1 atom stereocenters. The molecule has 0 saturated heterocycles. The van der Waals surface area contributed by atoms with Crippen LogP contribution in [0.15, 0.2) is 137 Å². The summed E-state index contributed by atoms with van der Waals surface area (Å²) in [4.78, 5) is 9.74. The second-order valence-corrected chi connectivity index (χ2v) is 24.9. The first kappa shape index (κ1) is 35.7. The second kappa shape index (κ2) is 15.4. The first-order chi connectivity index (χ1) is 23.8. The average molecular weight is 892 g/mol. The zero-order chi connectivity index (χ0) is 34.0. The molecule has 0 spiro atoms. The number of fused-ring (bicyclic) bond motifs is 4.